The van der Waals surface area contributed by atoms with E-state index < -0.39 is 0 Å². The summed E-state index contributed by atoms with van der Waals surface area (Å²) in [5.74, 6) is 0.715. The number of piperazine rings is 1. The van der Waals surface area contributed by atoms with E-state index in [2.05, 4.69) is 31.0 Å². The Bertz CT molecular complexity index is 503. The highest BCUT2D eigenvalue weighted by Gasteiger charge is 2.27. The number of rotatable bonds is 3. The van der Waals surface area contributed by atoms with Crippen molar-refractivity contribution in [3.63, 3.8) is 0 Å². The molecule has 0 spiro atoms. The number of ether oxygens (including phenoxy) is 1. The lowest BCUT2D eigenvalue weighted by Gasteiger charge is -2.42. The third-order valence-electron chi connectivity index (χ3n) is 3.94. The van der Waals surface area contributed by atoms with Gasteiger partial charge in [0.1, 0.15) is 5.75 Å². The molecule has 1 saturated heterocycles. The van der Waals surface area contributed by atoms with Crippen LogP contribution in [0.5, 0.6) is 5.75 Å². The number of anilines is 1. The van der Waals surface area contributed by atoms with Gasteiger partial charge in [0.2, 0.25) is 0 Å². The molecule has 2 amide bonds. The van der Waals surface area contributed by atoms with E-state index in [9.17, 15) is 4.79 Å². The topological polar surface area (TPSA) is 44.8 Å². The van der Waals surface area contributed by atoms with E-state index in [1.807, 2.05) is 36.1 Å². The van der Waals surface area contributed by atoms with Crippen LogP contribution in [0.3, 0.4) is 0 Å². The van der Waals surface area contributed by atoms with Gasteiger partial charge in [-0.05, 0) is 39.8 Å². The summed E-state index contributed by atoms with van der Waals surface area (Å²) in [4.78, 5) is 16.7. The van der Waals surface area contributed by atoms with E-state index in [0.717, 1.165) is 31.9 Å². The van der Waals surface area contributed by atoms with Gasteiger partial charge < -0.3 is 15.0 Å². The van der Waals surface area contributed by atoms with Crippen LogP contribution in [0.25, 0.3) is 0 Å². The van der Waals surface area contributed by atoms with Crippen molar-refractivity contribution in [2.75, 3.05) is 38.1 Å². The number of amides is 2. The van der Waals surface area contributed by atoms with E-state index in [4.69, 9.17) is 4.74 Å². The molecule has 0 saturated carbocycles. The first-order chi connectivity index (χ1) is 10.4. The molecule has 1 aliphatic heterocycles. The van der Waals surface area contributed by atoms with Crippen molar-refractivity contribution in [3.05, 3.63) is 24.3 Å². The van der Waals surface area contributed by atoms with Crippen LogP contribution >= 0.6 is 0 Å². The van der Waals surface area contributed by atoms with E-state index in [-0.39, 0.29) is 11.6 Å². The molecule has 0 aliphatic carbocycles. The Labute approximate surface area is 133 Å². The van der Waals surface area contributed by atoms with Gasteiger partial charge in [-0.15, -0.1) is 0 Å². The first-order valence-electron chi connectivity index (χ1n) is 7.94. The molecule has 22 heavy (non-hydrogen) atoms. The highest BCUT2D eigenvalue weighted by Crippen LogP contribution is 2.24. The van der Waals surface area contributed by atoms with Crippen molar-refractivity contribution >= 4 is 11.7 Å². The van der Waals surface area contributed by atoms with Crippen molar-refractivity contribution in [3.8, 4) is 5.75 Å². The Morgan fingerprint density at radius 1 is 1.18 bits per heavy atom. The van der Waals surface area contributed by atoms with E-state index >= 15 is 0 Å². The minimum atomic E-state index is -0.0549. The smallest absolute Gasteiger partial charge is 0.322 e. The Morgan fingerprint density at radius 2 is 1.82 bits per heavy atom. The third-order valence-corrected chi connectivity index (χ3v) is 3.94. The summed E-state index contributed by atoms with van der Waals surface area (Å²) >= 11 is 0. The maximum atomic E-state index is 12.4. The Balaban J connectivity index is 1.94. The van der Waals surface area contributed by atoms with Gasteiger partial charge in [0.05, 0.1) is 12.3 Å². The fourth-order valence-electron chi connectivity index (χ4n) is 2.63. The van der Waals surface area contributed by atoms with Crippen molar-refractivity contribution in [1.29, 1.82) is 0 Å². The van der Waals surface area contributed by atoms with Gasteiger partial charge in [0, 0.05) is 31.7 Å². The SMILES string of the molecule is CCOc1ccccc1NC(=O)N1CCN(C(C)(C)C)CC1. The number of urea groups is 1. The average molecular weight is 305 g/mol. The highest BCUT2D eigenvalue weighted by molar-refractivity contribution is 5.91. The fourth-order valence-corrected chi connectivity index (χ4v) is 2.63. The molecule has 0 radical (unpaired) electrons. The van der Waals surface area contributed by atoms with Gasteiger partial charge in [0.25, 0.3) is 0 Å². The lowest BCUT2D eigenvalue weighted by molar-refractivity contribution is 0.0774. The molecule has 5 nitrogen and oxygen atoms in total. The molecule has 0 bridgehead atoms. The molecule has 122 valence electrons. The van der Waals surface area contributed by atoms with Gasteiger partial charge >= 0.3 is 6.03 Å². The van der Waals surface area contributed by atoms with Crippen LogP contribution in [-0.2, 0) is 0 Å². The summed E-state index contributed by atoms with van der Waals surface area (Å²) in [5.41, 5.74) is 0.886. The number of carbonyl (C=O) groups excluding carboxylic acids is 1. The number of hydrogen-bond donors (Lipinski definition) is 1. The van der Waals surface area contributed by atoms with Crippen molar-refractivity contribution in [2.24, 2.45) is 0 Å². The maximum Gasteiger partial charge on any atom is 0.322 e. The maximum absolute atomic E-state index is 12.4. The van der Waals surface area contributed by atoms with Crippen molar-refractivity contribution in [1.82, 2.24) is 9.80 Å². The molecule has 1 fully saturated rings. The summed E-state index contributed by atoms with van der Waals surface area (Å²) in [6.45, 7) is 12.5. The number of nitrogens with one attached hydrogen (secondary N) is 1. The van der Waals surface area contributed by atoms with Crippen LogP contribution in [0.1, 0.15) is 27.7 Å². The minimum absolute atomic E-state index is 0.0549. The van der Waals surface area contributed by atoms with E-state index in [0.29, 0.717) is 12.4 Å². The molecule has 0 unspecified atom stereocenters. The predicted molar refractivity (Wildman–Crippen MR) is 89.5 cm³/mol. The molecular formula is C17H27N3O2. The van der Waals surface area contributed by atoms with Crippen molar-refractivity contribution in [2.45, 2.75) is 33.2 Å². The molecule has 2 rings (SSSR count). The minimum Gasteiger partial charge on any atom is -0.492 e. The summed E-state index contributed by atoms with van der Waals surface area (Å²) in [7, 11) is 0. The standard InChI is InChI=1S/C17H27N3O2/c1-5-22-15-9-7-6-8-14(15)18-16(21)19-10-12-20(13-11-19)17(2,3)4/h6-9H,5,10-13H2,1-4H3,(H,18,21). The number of para-hydroxylation sites is 2. The van der Waals surface area contributed by atoms with Crippen LogP contribution in [0.15, 0.2) is 24.3 Å². The average Bonchev–Trinajstić information content (AvgIpc) is 2.49. The molecule has 1 N–H and O–H groups in total. The van der Waals surface area contributed by atoms with Crippen LogP contribution in [0, 0.1) is 0 Å². The van der Waals surface area contributed by atoms with Crippen LogP contribution in [0.4, 0.5) is 10.5 Å². The second kappa shape index (κ2) is 7.01. The lowest BCUT2D eigenvalue weighted by atomic mass is 10.1. The van der Waals surface area contributed by atoms with Crippen LogP contribution < -0.4 is 10.1 Å². The monoisotopic (exact) mass is 305 g/mol. The molecule has 5 heteroatoms. The zero-order valence-electron chi connectivity index (χ0n) is 14.1. The van der Waals surface area contributed by atoms with E-state index in [1.54, 1.807) is 0 Å². The fraction of sp³-hybridized carbons (Fsp3) is 0.588. The zero-order chi connectivity index (χ0) is 16.2. The molecule has 1 aliphatic rings. The summed E-state index contributed by atoms with van der Waals surface area (Å²) < 4.78 is 5.55. The van der Waals surface area contributed by atoms with E-state index in [1.165, 1.54) is 0 Å². The molecule has 0 aromatic heterocycles. The van der Waals surface area contributed by atoms with Crippen LogP contribution in [0.2, 0.25) is 0 Å². The summed E-state index contributed by atoms with van der Waals surface area (Å²) in [5, 5.41) is 2.96. The lowest BCUT2D eigenvalue weighted by Crippen LogP contribution is -2.55. The van der Waals surface area contributed by atoms with Gasteiger partial charge in [-0.25, -0.2) is 4.79 Å². The molecule has 0 atom stereocenters. The van der Waals surface area contributed by atoms with Gasteiger partial charge in [-0.1, -0.05) is 12.1 Å². The second-order valence-electron chi connectivity index (χ2n) is 6.50. The number of nitrogens with zero attached hydrogens (tertiary/aromatic N) is 2. The molecule has 1 aromatic rings. The quantitative estimate of drug-likeness (QED) is 0.933. The first kappa shape index (κ1) is 16.6. The molecular weight excluding hydrogens is 278 g/mol. The first-order valence-corrected chi connectivity index (χ1v) is 7.94. The van der Waals surface area contributed by atoms with Gasteiger partial charge in [-0.2, -0.15) is 0 Å². The summed E-state index contributed by atoms with van der Waals surface area (Å²) in [6.07, 6.45) is 0. The molecule has 1 heterocycles. The zero-order valence-corrected chi connectivity index (χ0v) is 14.1. The van der Waals surface area contributed by atoms with Crippen LogP contribution in [-0.4, -0.2) is 54.2 Å². The number of hydrogen-bond acceptors (Lipinski definition) is 3. The van der Waals surface area contributed by atoms with Gasteiger partial charge in [0.15, 0.2) is 0 Å². The third kappa shape index (κ3) is 4.13. The number of benzene rings is 1. The second-order valence-corrected chi connectivity index (χ2v) is 6.50. The summed E-state index contributed by atoms with van der Waals surface area (Å²) in [6, 6.07) is 7.49. The predicted octanol–water partition coefficient (Wildman–Crippen LogP) is 3.03. The Morgan fingerprint density at radius 3 is 2.41 bits per heavy atom. The Kier molecular flexibility index (Phi) is 5.29. The molecule has 1 aromatic carbocycles. The largest absolute Gasteiger partial charge is 0.492 e. The highest BCUT2D eigenvalue weighted by atomic mass is 16.5. The van der Waals surface area contributed by atoms with Gasteiger partial charge in [-0.3, -0.25) is 4.90 Å². The number of carbonyl (C=O) groups is 1. The Hall–Kier alpha value is -1.75. The normalized spacial score (nSPS) is 16.5. The van der Waals surface area contributed by atoms with Crippen molar-refractivity contribution < 1.29 is 9.53 Å².